The summed E-state index contributed by atoms with van der Waals surface area (Å²) in [5.41, 5.74) is -1.75. The molecule has 1 atom stereocenters. The Labute approximate surface area is 77.5 Å². The maximum absolute atomic E-state index is 10.5. The minimum absolute atomic E-state index is 0.118. The largest absolute Gasteiger partial charge is 0.479 e. The summed E-state index contributed by atoms with van der Waals surface area (Å²) >= 11 is 0. The lowest BCUT2D eigenvalue weighted by Gasteiger charge is -2.20. The van der Waals surface area contributed by atoms with Crippen molar-refractivity contribution in [3.8, 4) is 0 Å². The summed E-state index contributed by atoms with van der Waals surface area (Å²) in [7, 11) is 0. The van der Waals surface area contributed by atoms with E-state index in [4.69, 9.17) is 9.84 Å². The second-order valence-electron chi connectivity index (χ2n) is 3.80. The first-order chi connectivity index (χ1) is 6.02. The molecule has 13 heavy (non-hydrogen) atoms. The molecule has 1 unspecified atom stereocenters. The molecule has 1 aliphatic carbocycles. The van der Waals surface area contributed by atoms with Gasteiger partial charge >= 0.3 is 5.97 Å². The molecule has 1 fully saturated rings. The minimum atomic E-state index is -1.75. The van der Waals surface area contributed by atoms with E-state index in [0.717, 1.165) is 25.7 Å². The molecule has 2 N–H and O–H groups in total. The van der Waals surface area contributed by atoms with Crippen LogP contribution in [0, 0.1) is 0 Å². The van der Waals surface area contributed by atoms with Gasteiger partial charge in [0.05, 0.1) is 12.7 Å². The van der Waals surface area contributed by atoms with Crippen LogP contribution in [0.2, 0.25) is 0 Å². The molecule has 0 spiro atoms. The van der Waals surface area contributed by atoms with E-state index in [-0.39, 0.29) is 12.7 Å². The number of rotatable bonds is 4. The molecule has 0 aromatic heterocycles. The van der Waals surface area contributed by atoms with E-state index in [2.05, 4.69) is 0 Å². The van der Waals surface area contributed by atoms with Crippen LogP contribution in [0.25, 0.3) is 0 Å². The van der Waals surface area contributed by atoms with Crippen molar-refractivity contribution >= 4 is 5.97 Å². The highest BCUT2D eigenvalue weighted by Gasteiger charge is 2.31. The zero-order valence-corrected chi connectivity index (χ0v) is 7.82. The Hall–Kier alpha value is -0.610. The smallest absolute Gasteiger partial charge is 0.337 e. The van der Waals surface area contributed by atoms with E-state index in [0.29, 0.717) is 0 Å². The van der Waals surface area contributed by atoms with Gasteiger partial charge in [0.25, 0.3) is 0 Å². The molecule has 4 heteroatoms. The predicted molar refractivity (Wildman–Crippen MR) is 46.5 cm³/mol. The monoisotopic (exact) mass is 188 g/mol. The summed E-state index contributed by atoms with van der Waals surface area (Å²) in [5.74, 6) is -1.23. The van der Waals surface area contributed by atoms with Crippen molar-refractivity contribution in [2.75, 3.05) is 6.61 Å². The fourth-order valence-corrected chi connectivity index (χ4v) is 1.40. The Kier molecular flexibility index (Phi) is 3.27. The number of hydrogen-bond donors (Lipinski definition) is 2. The average Bonchev–Trinajstić information content (AvgIpc) is 2.52. The number of aliphatic carboxylic acids is 1. The van der Waals surface area contributed by atoms with Crippen molar-refractivity contribution < 1.29 is 19.7 Å². The van der Waals surface area contributed by atoms with Gasteiger partial charge in [-0.05, 0) is 19.8 Å². The molecule has 0 bridgehead atoms. The molecule has 1 rings (SSSR count). The molecule has 0 radical (unpaired) electrons. The Bertz CT molecular complexity index is 182. The lowest BCUT2D eigenvalue weighted by Crippen LogP contribution is -2.40. The first-order valence-corrected chi connectivity index (χ1v) is 4.60. The van der Waals surface area contributed by atoms with Crippen LogP contribution in [-0.4, -0.2) is 34.5 Å². The summed E-state index contributed by atoms with van der Waals surface area (Å²) in [6, 6.07) is 0. The molecule has 0 amide bonds. The van der Waals surface area contributed by atoms with Gasteiger partial charge in [-0.15, -0.1) is 0 Å². The summed E-state index contributed by atoms with van der Waals surface area (Å²) in [6.07, 6.45) is 4.39. The van der Waals surface area contributed by atoms with Crippen LogP contribution in [0.15, 0.2) is 0 Å². The lowest BCUT2D eigenvalue weighted by molar-refractivity contribution is -0.164. The van der Waals surface area contributed by atoms with E-state index in [1.807, 2.05) is 0 Å². The van der Waals surface area contributed by atoms with Crippen molar-refractivity contribution in [1.82, 2.24) is 0 Å². The second-order valence-corrected chi connectivity index (χ2v) is 3.80. The zero-order chi connectivity index (χ0) is 9.90. The van der Waals surface area contributed by atoms with Gasteiger partial charge in [0.1, 0.15) is 0 Å². The van der Waals surface area contributed by atoms with Crippen LogP contribution < -0.4 is 0 Å². The summed E-state index contributed by atoms with van der Waals surface area (Å²) in [5, 5.41) is 17.9. The average molecular weight is 188 g/mol. The fraction of sp³-hybridized carbons (Fsp3) is 0.889. The Balaban J connectivity index is 2.28. The molecular weight excluding hydrogens is 172 g/mol. The minimum Gasteiger partial charge on any atom is -0.479 e. The highest BCUT2D eigenvalue weighted by molar-refractivity contribution is 5.76. The highest BCUT2D eigenvalue weighted by Crippen LogP contribution is 2.22. The van der Waals surface area contributed by atoms with Gasteiger partial charge in [-0.25, -0.2) is 4.79 Å². The molecule has 0 aromatic carbocycles. The fourth-order valence-electron chi connectivity index (χ4n) is 1.40. The van der Waals surface area contributed by atoms with Gasteiger partial charge in [-0.2, -0.15) is 0 Å². The van der Waals surface area contributed by atoms with Crippen LogP contribution in [0.4, 0.5) is 0 Å². The summed E-state index contributed by atoms with van der Waals surface area (Å²) < 4.78 is 5.30. The van der Waals surface area contributed by atoms with E-state index in [9.17, 15) is 9.90 Å². The number of carboxylic acids is 1. The van der Waals surface area contributed by atoms with Crippen LogP contribution >= 0.6 is 0 Å². The number of hydrogen-bond acceptors (Lipinski definition) is 3. The molecule has 0 aliphatic heterocycles. The first-order valence-electron chi connectivity index (χ1n) is 4.60. The molecule has 0 aromatic rings. The van der Waals surface area contributed by atoms with Gasteiger partial charge in [-0.1, -0.05) is 12.8 Å². The molecule has 0 heterocycles. The van der Waals surface area contributed by atoms with Gasteiger partial charge < -0.3 is 14.9 Å². The highest BCUT2D eigenvalue weighted by atomic mass is 16.5. The maximum atomic E-state index is 10.5. The SMILES string of the molecule is CC(O)(COC1CCCC1)C(=O)O. The van der Waals surface area contributed by atoms with E-state index in [1.165, 1.54) is 6.92 Å². The third-order valence-electron chi connectivity index (χ3n) is 2.36. The number of carboxylic acid groups (broad SMARTS) is 1. The maximum Gasteiger partial charge on any atom is 0.337 e. The van der Waals surface area contributed by atoms with Crippen LogP contribution in [0.1, 0.15) is 32.6 Å². The second kappa shape index (κ2) is 4.07. The number of ether oxygens (including phenoxy) is 1. The molecular formula is C9H16O4. The van der Waals surface area contributed by atoms with Crippen molar-refractivity contribution in [2.45, 2.75) is 44.3 Å². The topological polar surface area (TPSA) is 66.8 Å². The third-order valence-corrected chi connectivity index (χ3v) is 2.36. The van der Waals surface area contributed by atoms with Gasteiger partial charge in [0.15, 0.2) is 5.60 Å². The van der Waals surface area contributed by atoms with E-state index in [1.54, 1.807) is 0 Å². The van der Waals surface area contributed by atoms with Gasteiger partial charge in [0.2, 0.25) is 0 Å². The van der Waals surface area contributed by atoms with E-state index >= 15 is 0 Å². The number of carbonyl (C=O) groups is 1. The van der Waals surface area contributed by atoms with Gasteiger partial charge in [0, 0.05) is 0 Å². The quantitative estimate of drug-likeness (QED) is 0.684. The van der Waals surface area contributed by atoms with Crippen molar-refractivity contribution in [1.29, 1.82) is 0 Å². The van der Waals surface area contributed by atoms with Crippen LogP contribution in [-0.2, 0) is 9.53 Å². The van der Waals surface area contributed by atoms with Crippen LogP contribution in [0.3, 0.4) is 0 Å². The predicted octanol–water partition coefficient (Wildman–Crippen LogP) is 0.781. The van der Waals surface area contributed by atoms with Crippen LogP contribution in [0.5, 0.6) is 0 Å². The third kappa shape index (κ3) is 2.97. The van der Waals surface area contributed by atoms with E-state index < -0.39 is 11.6 Å². The lowest BCUT2D eigenvalue weighted by atomic mass is 10.1. The molecule has 4 nitrogen and oxygen atoms in total. The van der Waals surface area contributed by atoms with Crippen molar-refractivity contribution in [3.63, 3.8) is 0 Å². The van der Waals surface area contributed by atoms with Gasteiger partial charge in [-0.3, -0.25) is 0 Å². The molecule has 76 valence electrons. The summed E-state index contributed by atoms with van der Waals surface area (Å²) in [6.45, 7) is 1.14. The Morgan fingerprint density at radius 3 is 2.54 bits per heavy atom. The first kappa shape index (κ1) is 10.5. The summed E-state index contributed by atoms with van der Waals surface area (Å²) in [4.78, 5) is 10.5. The Morgan fingerprint density at radius 1 is 1.54 bits per heavy atom. The zero-order valence-electron chi connectivity index (χ0n) is 7.82. The Morgan fingerprint density at radius 2 is 2.08 bits per heavy atom. The standard InChI is InChI=1S/C9H16O4/c1-9(12,8(10)11)6-13-7-4-2-3-5-7/h7,12H,2-6H2,1H3,(H,10,11). The molecule has 1 saturated carbocycles. The normalized spacial score (nSPS) is 22.9. The molecule has 1 aliphatic rings. The number of aliphatic hydroxyl groups is 1. The van der Waals surface area contributed by atoms with Crippen molar-refractivity contribution in [2.24, 2.45) is 0 Å². The molecule has 0 saturated heterocycles. The van der Waals surface area contributed by atoms with Crippen molar-refractivity contribution in [3.05, 3.63) is 0 Å².